The van der Waals surface area contributed by atoms with Gasteiger partial charge in [-0.05, 0) is 42.0 Å². The molecule has 0 aliphatic carbocycles. The molecule has 0 spiro atoms. The number of ether oxygens (including phenoxy) is 2. The fourth-order valence-electron chi connectivity index (χ4n) is 5.59. The van der Waals surface area contributed by atoms with Crippen LogP contribution in [0.2, 0.25) is 0 Å². The lowest BCUT2D eigenvalue weighted by Crippen LogP contribution is -2.48. The van der Waals surface area contributed by atoms with Crippen molar-refractivity contribution in [2.24, 2.45) is 11.8 Å². The molecule has 2 aromatic carbocycles. The molecule has 0 aromatic heterocycles. The molecule has 3 aliphatic heterocycles. The molecule has 202 valence electrons. The number of halogens is 1. The molecule has 5 rings (SSSR count). The average Bonchev–Trinajstić information content (AvgIpc) is 2.94. The Kier molecular flexibility index (Phi) is 8.71. The number of hydrogen-bond acceptors (Lipinski definition) is 5. The highest BCUT2D eigenvalue weighted by Gasteiger charge is 2.33. The Morgan fingerprint density at radius 2 is 1.79 bits per heavy atom. The normalized spacial score (nSPS) is 23.0. The van der Waals surface area contributed by atoms with E-state index < -0.39 is 0 Å². The summed E-state index contributed by atoms with van der Waals surface area (Å²) in [5, 5.41) is 0. The van der Waals surface area contributed by atoms with Crippen molar-refractivity contribution in [3.8, 4) is 5.75 Å². The van der Waals surface area contributed by atoms with E-state index in [2.05, 4.69) is 11.0 Å². The molecule has 2 amide bonds. The van der Waals surface area contributed by atoms with Crippen molar-refractivity contribution in [1.82, 2.24) is 14.7 Å². The van der Waals surface area contributed by atoms with Gasteiger partial charge in [0.15, 0.2) is 0 Å². The predicted molar refractivity (Wildman–Crippen MR) is 142 cm³/mol. The maximum absolute atomic E-state index is 13.5. The van der Waals surface area contributed by atoms with Gasteiger partial charge in [0.1, 0.15) is 18.2 Å². The first-order valence-corrected chi connectivity index (χ1v) is 13.5. The number of carbonyl (C=O) groups is 2. The van der Waals surface area contributed by atoms with Crippen LogP contribution in [0.1, 0.15) is 24.0 Å². The van der Waals surface area contributed by atoms with Gasteiger partial charge in [0.2, 0.25) is 11.8 Å². The van der Waals surface area contributed by atoms with Gasteiger partial charge in [-0.3, -0.25) is 14.5 Å². The Morgan fingerprint density at radius 1 is 1.00 bits per heavy atom. The standard InChI is InChI=1S/C30H36FN3O4/c31-27-9-7-23(8-10-27)19-32-20-26-4-1-2-6-28(26)38-15-3-5-25-21-34(30(36)22-32)12-11-24(25)18-29(35)33-13-16-37-17-14-33/h1-10,24-25H,11-22H2/t24-,25-/m0/s1. The lowest BCUT2D eigenvalue weighted by molar-refractivity contribution is -0.138. The quantitative estimate of drug-likeness (QED) is 0.577. The summed E-state index contributed by atoms with van der Waals surface area (Å²) in [6, 6.07) is 14.3. The zero-order valence-electron chi connectivity index (χ0n) is 21.8. The third-order valence-corrected chi connectivity index (χ3v) is 7.72. The van der Waals surface area contributed by atoms with Crippen molar-refractivity contribution in [3.05, 3.63) is 77.6 Å². The highest BCUT2D eigenvalue weighted by molar-refractivity contribution is 5.79. The first-order valence-electron chi connectivity index (χ1n) is 13.5. The van der Waals surface area contributed by atoms with Gasteiger partial charge in [-0.1, -0.05) is 42.5 Å². The van der Waals surface area contributed by atoms with Crippen LogP contribution >= 0.6 is 0 Å². The Labute approximate surface area is 223 Å². The van der Waals surface area contributed by atoms with Crippen LogP contribution in [-0.4, -0.2) is 79.1 Å². The van der Waals surface area contributed by atoms with Gasteiger partial charge in [-0.15, -0.1) is 0 Å². The van der Waals surface area contributed by atoms with Crippen molar-refractivity contribution in [2.75, 3.05) is 52.5 Å². The summed E-state index contributed by atoms with van der Waals surface area (Å²) in [6.45, 7) is 5.44. The van der Waals surface area contributed by atoms with E-state index in [-0.39, 0.29) is 36.0 Å². The first-order chi connectivity index (χ1) is 18.5. The molecular formula is C30H36FN3O4. The van der Waals surface area contributed by atoms with Crippen molar-refractivity contribution < 1.29 is 23.5 Å². The average molecular weight is 522 g/mol. The molecule has 0 unspecified atom stereocenters. The van der Waals surface area contributed by atoms with Crippen LogP contribution < -0.4 is 4.74 Å². The third kappa shape index (κ3) is 6.79. The molecule has 0 radical (unpaired) electrons. The fraction of sp³-hybridized carbons (Fsp3) is 0.467. The number of rotatable bonds is 4. The lowest BCUT2D eigenvalue weighted by atomic mass is 9.82. The molecule has 3 aliphatic rings. The number of piperidine rings is 1. The predicted octanol–water partition coefficient (Wildman–Crippen LogP) is 3.49. The minimum atomic E-state index is -0.276. The summed E-state index contributed by atoms with van der Waals surface area (Å²) in [5.74, 6) is 1.02. The second-order valence-electron chi connectivity index (χ2n) is 10.4. The number of para-hydroxylation sites is 1. The molecule has 3 heterocycles. The molecule has 2 aromatic rings. The minimum absolute atomic E-state index is 0.0705. The van der Waals surface area contributed by atoms with Crippen LogP contribution in [-0.2, 0) is 27.4 Å². The molecule has 38 heavy (non-hydrogen) atoms. The molecule has 2 saturated heterocycles. The summed E-state index contributed by atoms with van der Waals surface area (Å²) in [6.07, 6.45) is 5.43. The topological polar surface area (TPSA) is 62.3 Å². The van der Waals surface area contributed by atoms with Crippen LogP contribution in [0.4, 0.5) is 4.39 Å². The minimum Gasteiger partial charge on any atom is -0.489 e. The van der Waals surface area contributed by atoms with E-state index >= 15 is 0 Å². The van der Waals surface area contributed by atoms with E-state index in [1.54, 1.807) is 12.1 Å². The molecule has 0 saturated carbocycles. The Bertz CT molecular complexity index is 1130. The van der Waals surface area contributed by atoms with Crippen molar-refractivity contribution in [1.29, 1.82) is 0 Å². The fourth-order valence-corrected chi connectivity index (χ4v) is 5.59. The SMILES string of the molecule is O=C(C[C@@H]1CCN2C[C@@H]1C=CCOc1ccccc1CN(Cc1ccc(F)cc1)CC2=O)N1CCOCC1. The zero-order valence-corrected chi connectivity index (χ0v) is 21.8. The second-order valence-corrected chi connectivity index (χ2v) is 10.4. The first kappa shape index (κ1) is 26.4. The number of nitrogens with zero attached hydrogens (tertiary/aromatic N) is 3. The van der Waals surface area contributed by atoms with Crippen LogP contribution in [0, 0.1) is 17.7 Å². The zero-order chi connectivity index (χ0) is 26.3. The van der Waals surface area contributed by atoms with Gasteiger partial charge in [-0.25, -0.2) is 4.39 Å². The van der Waals surface area contributed by atoms with E-state index in [9.17, 15) is 14.0 Å². The summed E-state index contributed by atoms with van der Waals surface area (Å²) in [7, 11) is 0. The van der Waals surface area contributed by atoms with E-state index in [0.29, 0.717) is 65.5 Å². The molecule has 8 heteroatoms. The number of carbonyl (C=O) groups excluding carboxylic acids is 2. The summed E-state index contributed by atoms with van der Waals surface area (Å²) >= 11 is 0. The number of hydrogen-bond donors (Lipinski definition) is 0. The highest BCUT2D eigenvalue weighted by Crippen LogP contribution is 2.30. The monoisotopic (exact) mass is 521 g/mol. The molecule has 2 atom stereocenters. The molecule has 7 nitrogen and oxygen atoms in total. The number of fused-ring (bicyclic) bond motifs is 3. The van der Waals surface area contributed by atoms with E-state index in [1.807, 2.05) is 40.1 Å². The summed E-state index contributed by atoms with van der Waals surface area (Å²) in [4.78, 5) is 32.5. The Morgan fingerprint density at radius 3 is 2.61 bits per heavy atom. The van der Waals surface area contributed by atoms with Gasteiger partial charge in [0.25, 0.3) is 0 Å². The molecule has 2 fully saturated rings. The van der Waals surface area contributed by atoms with Gasteiger partial charge in [0.05, 0.1) is 19.8 Å². The number of morpholine rings is 1. The maximum Gasteiger partial charge on any atom is 0.236 e. The highest BCUT2D eigenvalue weighted by atomic mass is 19.1. The molecule has 2 bridgehead atoms. The van der Waals surface area contributed by atoms with E-state index in [0.717, 1.165) is 23.3 Å². The van der Waals surface area contributed by atoms with E-state index in [1.165, 1.54) is 12.1 Å². The Balaban J connectivity index is 1.34. The van der Waals surface area contributed by atoms with Gasteiger partial charge < -0.3 is 19.3 Å². The van der Waals surface area contributed by atoms with Gasteiger partial charge in [0, 0.05) is 51.3 Å². The lowest BCUT2D eigenvalue weighted by Gasteiger charge is -2.39. The number of amides is 2. The van der Waals surface area contributed by atoms with Crippen LogP contribution in [0.15, 0.2) is 60.7 Å². The third-order valence-electron chi connectivity index (χ3n) is 7.72. The van der Waals surface area contributed by atoms with Crippen LogP contribution in [0.25, 0.3) is 0 Å². The summed E-state index contributed by atoms with van der Waals surface area (Å²) in [5.41, 5.74) is 1.95. The number of benzene rings is 2. The van der Waals surface area contributed by atoms with Gasteiger partial charge in [-0.2, -0.15) is 0 Å². The summed E-state index contributed by atoms with van der Waals surface area (Å²) < 4.78 is 25.0. The molecular weight excluding hydrogens is 485 g/mol. The van der Waals surface area contributed by atoms with Gasteiger partial charge >= 0.3 is 0 Å². The smallest absolute Gasteiger partial charge is 0.236 e. The van der Waals surface area contributed by atoms with Crippen molar-refractivity contribution in [3.63, 3.8) is 0 Å². The van der Waals surface area contributed by atoms with E-state index in [4.69, 9.17) is 9.47 Å². The van der Waals surface area contributed by atoms with Crippen molar-refractivity contribution in [2.45, 2.75) is 25.9 Å². The Hall–Kier alpha value is -3.23. The second kappa shape index (κ2) is 12.5. The van der Waals surface area contributed by atoms with Crippen LogP contribution in [0.3, 0.4) is 0 Å². The largest absolute Gasteiger partial charge is 0.489 e. The maximum atomic E-state index is 13.5. The van der Waals surface area contributed by atoms with Crippen LogP contribution in [0.5, 0.6) is 5.75 Å². The molecule has 0 N–H and O–H groups in total. The van der Waals surface area contributed by atoms with Crippen molar-refractivity contribution >= 4 is 11.8 Å².